The summed E-state index contributed by atoms with van der Waals surface area (Å²) in [4.78, 5) is 17.9. The first-order valence-electron chi connectivity index (χ1n) is 3.61. The first-order valence-corrected chi connectivity index (χ1v) is 4.69. The SMILES string of the molecule is Nc1cnc2[nH]c(C(=O)I)cc2c1. The number of nitrogen functional groups attached to an aromatic ring is 1. The van der Waals surface area contributed by atoms with E-state index in [1.165, 1.54) is 0 Å². The Hall–Kier alpha value is -1.11. The molecule has 66 valence electrons. The lowest BCUT2D eigenvalue weighted by Crippen LogP contribution is -1.86. The number of carbonyl (C=O) groups excluding carboxylic acids is 1. The number of rotatable bonds is 1. The molecule has 2 aromatic rings. The van der Waals surface area contributed by atoms with Gasteiger partial charge < -0.3 is 10.7 Å². The summed E-state index contributed by atoms with van der Waals surface area (Å²) in [5.41, 5.74) is 7.38. The maximum atomic E-state index is 11.0. The fourth-order valence-electron chi connectivity index (χ4n) is 1.14. The van der Waals surface area contributed by atoms with Crippen LogP contribution in [0.1, 0.15) is 10.5 Å². The van der Waals surface area contributed by atoms with E-state index >= 15 is 0 Å². The minimum atomic E-state index is -0.0332. The van der Waals surface area contributed by atoms with Gasteiger partial charge in [-0.1, -0.05) is 0 Å². The minimum absolute atomic E-state index is 0.0332. The third-order valence-electron chi connectivity index (χ3n) is 1.70. The van der Waals surface area contributed by atoms with Crippen molar-refractivity contribution < 1.29 is 4.79 Å². The average molecular weight is 287 g/mol. The fourth-order valence-corrected chi connectivity index (χ4v) is 1.43. The second-order valence-electron chi connectivity index (χ2n) is 2.66. The van der Waals surface area contributed by atoms with E-state index in [9.17, 15) is 4.79 Å². The number of nitrogens with one attached hydrogen (secondary N) is 1. The van der Waals surface area contributed by atoms with Gasteiger partial charge in [-0.15, -0.1) is 0 Å². The van der Waals surface area contributed by atoms with Crippen LogP contribution in [0, 0.1) is 0 Å². The molecule has 0 atom stereocenters. The van der Waals surface area contributed by atoms with E-state index in [1.807, 2.05) is 0 Å². The summed E-state index contributed by atoms with van der Waals surface area (Å²) in [6, 6.07) is 3.52. The number of nitrogens with zero attached hydrogens (tertiary/aromatic N) is 1. The molecule has 0 spiro atoms. The lowest BCUT2D eigenvalue weighted by atomic mass is 10.3. The molecule has 5 heteroatoms. The Balaban J connectivity index is 2.68. The van der Waals surface area contributed by atoms with Crippen molar-refractivity contribution in [2.75, 3.05) is 5.73 Å². The number of anilines is 1. The highest BCUT2D eigenvalue weighted by molar-refractivity contribution is 14.1. The average Bonchev–Trinajstić information content (AvgIpc) is 2.46. The largest absolute Gasteiger partial charge is 0.397 e. The second kappa shape index (κ2) is 2.99. The minimum Gasteiger partial charge on any atom is -0.397 e. The first-order chi connectivity index (χ1) is 6.16. The van der Waals surface area contributed by atoms with Gasteiger partial charge in [-0.3, -0.25) is 4.79 Å². The van der Waals surface area contributed by atoms with Crippen LogP contribution >= 0.6 is 22.6 Å². The molecule has 0 fully saturated rings. The molecule has 13 heavy (non-hydrogen) atoms. The molecule has 0 aliphatic carbocycles. The third kappa shape index (κ3) is 1.51. The number of aromatic amines is 1. The number of carbonyl (C=O) groups is 1. The summed E-state index contributed by atoms with van der Waals surface area (Å²) < 4.78 is -0.0332. The standard InChI is InChI=1S/C8H6IN3O/c9-7(13)6-2-4-1-5(10)3-11-8(4)12-6/h1-3H,10H2,(H,11,12). The number of pyridine rings is 1. The summed E-state index contributed by atoms with van der Waals surface area (Å²) >= 11 is 1.72. The molecule has 2 aromatic heterocycles. The second-order valence-corrected chi connectivity index (χ2v) is 3.64. The van der Waals surface area contributed by atoms with Crippen LogP contribution in [0.2, 0.25) is 0 Å². The van der Waals surface area contributed by atoms with E-state index in [1.54, 1.807) is 40.9 Å². The molecule has 0 radical (unpaired) electrons. The monoisotopic (exact) mass is 287 g/mol. The van der Waals surface area contributed by atoms with Crippen LogP contribution in [-0.4, -0.2) is 13.8 Å². The fraction of sp³-hybridized carbons (Fsp3) is 0. The van der Waals surface area contributed by atoms with Crippen molar-refractivity contribution in [3.8, 4) is 0 Å². The predicted octanol–water partition coefficient (Wildman–Crippen LogP) is 1.72. The number of halogens is 1. The van der Waals surface area contributed by atoms with Gasteiger partial charge >= 0.3 is 0 Å². The number of H-pyrrole nitrogens is 1. The van der Waals surface area contributed by atoms with E-state index < -0.39 is 0 Å². The zero-order chi connectivity index (χ0) is 9.42. The summed E-state index contributed by atoms with van der Waals surface area (Å²) in [5.74, 6) is 0. The Labute approximate surface area is 87.7 Å². The molecule has 0 unspecified atom stereocenters. The van der Waals surface area contributed by atoms with Crippen molar-refractivity contribution in [1.29, 1.82) is 0 Å². The molecule has 0 aliphatic heterocycles. The maximum absolute atomic E-state index is 11.0. The van der Waals surface area contributed by atoms with Gasteiger partial charge in [-0.25, -0.2) is 4.98 Å². The Morgan fingerprint density at radius 2 is 2.31 bits per heavy atom. The Morgan fingerprint density at radius 1 is 1.54 bits per heavy atom. The van der Waals surface area contributed by atoms with Crippen molar-refractivity contribution in [2.45, 2.75) is 0 Å². The number of fused-ring (bicyclic) bond motifs is 1. The highest BCUT2D eigenvalue weighted by Crippen LogP contribution is 2.17. The smallest absolute Gasteiger partial charge is 0.238 e. The van der Waals surface area contributed by atoms with Gasteiger partial charge in [0.2, 0.25) is 3.79 Å². The molecule has 0 amide bonds. The highest BCUT2D eigenvalue weighted by atomic mass is 127. The van der Waals surface area contributed by atoms with E-state index in [0.717, 1.165) is 5.39 Å². The number of hydrogen-bond donors (Lipinski definition) is 2. The number of hydrogen-bond acceptors (Lipinski definition) is 3. The molecule has 0 aromatic carbocycles. The van der Waals surface area contributed by atoms with Crippen molar-refractivity contribution in [3.05, 3.63) is 24.0 Å². The molecule has 0 bridgehead atoms. The Morgan fingerprint density at radius 3 is 3.00 bits per heavy atom. The molecule has 0 saturated carbocycles. The van der Waals surface area contributed by atoms with Gasteiger partial charge in [0.15, 0.2) is 0 Å². The quantitative estimate of drug-likeness (QED) is 0.619. The lowest BCUT2D eigenvalue weighted by Gasteiger charge is -1.89. The van der Waals surface area contributed by atoms with Crippen LogP contribution in [-0.2, 0) is 0 Å². The molecule has 3 N–H and O–H groups in total. The van der Waals surface area contributed by atoms with Gasteiger partial charge in [-0.2, -0.15) is 0 Å². The Bertz CT molecular complexity index is 477. The van der Waals surface area contributed by atoms with Crippen LogP contribution in [0.3, 0.4) is 0 Å². The van der Waals surface area contributed by atoms with E-state index in [-0.39, 0.29) is 3.79 Å². The maximum Gasteiger partial charge on any atom is 0.238 e. The van der Waals surface area contributed by atoms with Crippen molar-refractivity contribution in [3.63, 3.8) is 0 Å². The van der Waals surface area contributed by atoms with Gasteiger partial charge in [0.1, 0.15) is 5.65 Å². The molecule has 2 heterocycles. The summed E-state index contributed by atoms with van der Waals surface area (Å²) in [6.45, 7) is 0. The molecule has 0 aliphatic rings. The number of aromatic nitrogens is 2. The summed E-state index contributed by atoms with van der Waals surface area (Å²) in [5, 5.41) is 0.861. The van der Waals surface area contributed by atoms with Crippen LogP contribution in [0.5, 0.6) is 0 Å². The van der Waals surface area contributed by atoms with Crippen LogP contribution in [0.15, 0.2) is 18.3 Å². The van der Waals surface area contributed by atoms with E-state index in [0.29, 0.717) is 17.0 Å². The molecule has 0 saturated heterocycles. The van der Waals surface area contributed by atoms with Gasteiger partial charge in [0.25, 0.3) is 0 Å². The first kappa shape index (κ1) is 8.49. The van der Waals surface area contributed by atoms with Crippen LogP contribution in [0.4, 0.5) is 5.69 Å². The van der Waals surface area contributed by atoms with Crippen molar-refractivity contribution in [1.82, 2.24) is 9.97 Å². The normalized spacial score (nSPS) is 10.5. The van der Waals surface area contributed by atoms with Crippen LogP contribution < -0.4 is 5.73 Å². The molecular weight excluding hydrogens is 281 g/mol. The third-order valence-corrected chi connectivity index (χ3v) is 2.28. The summed E-state index contributed by atoms with van der Waals surface area (Å²) in [6.07, 6.45) is 1.56. The molecule has 2 rings (SSSR count). The highest BCUT2D eigenvalue weighted by Gasteiger charge is 2.06. The molecule has 4 nitrogen and oxygen atoms in total. The van der Waals surface area contributed by atoms with Gasteiger partial charge in [0.05, 0.1) is 17.6 Å². The van der Waals surface area contributed by atoms with Crippen LogP contribution in [0.25, 0.3) is 11.0 Å². The number of nitrogens with two attached hydrogens (primary N) is 1. The lowest BCUT2D eigenvalue weighted by molar-refractivity contribution is 0.110. The zero-order valence-corrected chi connectivity index (χ0v) is 8.70. The Kier molecular flexibility index (Phi) is 1.95. The van der Waals surface area contributed by atoms with Crippen molar-refractivity contribution in [2.24, 2.45) is 0 Å². The predicted molar refractivity (Wildman–Crippen MR) is 58.9 cm³/mol. The van der Waals surface area contributed by atoms with Crippen molar-refractivity contribution >= 4 is 43.1 Å². The van der Waals surface area contributed by atoms with E-state index in [4.69, 9.17) is 5.73 Å². The molecular formula is C8H6IN3O. The van der Waals surface area contributed by atoms with E-state index in [2.05, 4.69) is 9.97 Å². The van der Waals surface area contributed by atoms with Gasteiger partial charge in [0, 0.05) is 28.0 Å². The zero-order valence-electron chi connectivity index (χ0n) is 6.54. The topological polar surface area (TPSA) is 71.8 Å². The summed E-state index contributed by atoms with van der Waals surface area (Å²) in [7, 11) is 0. The van der Waals surface area contributed by atoms with Gasteiger partial charge in [-0.05, 0) is 12.1 Å².